The highest BCUT2D eigenvalue weighted by Crippen LogP contribution is 2.22. The lowest BCUT2D eigenvalue weighted by molar-refractivity contribution is -0.130. The van der Waals surface area contributed by atoms with Gasteiger partial charge in [-0.25, -0.2) is 9.97 Å². The summed E-state index contributed by atoms with van der Waals surface area (Å²) < 4.78 is 0. The molecule has 6 nitrogen and oxygen atoms in total. The third-order valence-electron chi connectivity index (χ3n) is 5.05. The van der Waals surface area contributed by atoms with Crippen molar-refractivity contribution in [3.8, 4) is 0 Å². The molecule has 3 rings (SSSR count). The summed E-state index contributed by atoms with van der Waals surface area (Å²) in [6.45, 7) is 10.1. The summed E-state index contributed by atoms with van der Waals surface area (Å²) in [5.41, 5.74) is 1.31. The van der Waals surface area contributed by atoms with Crippen molar-refractivity contribution in [3.05, 3.63) is 47.1 Å². The second kappa shape index (κ2) is 10.8. The molecule has 1 aromatic carbocycles. The summed E-state index contributed by atoms with van der Waals surface area (Å²) >= 11 is 7.52. The summed E-state index contributed by atoms with van der Waals surface area (Å²) in [6, 6.07) is 12.2. The molecule has 1 aliphatic rings. The summed E-state index contributed by atoms with van der Waals surface area (Å²) in [6.07, 6.45) is 0. The summed E-state index contributed by atoms with van der Waals surface area (Å²) in [5, 5.41) is 0.960. The van der Waals surface area contributed by atoms with E-state index in [0.717, 1.165) is 51.6 Å². The van der Waals surface area contributed by atoms with Crippen molar-refractivity contribution in [2.75, 3.05) is 49.9 Å². The van der Waals surface area contributed by atoms with Crippen LogP contribution in [0.15, 0.2) is 41.6 Å². The number of thioether (sulfide) groups is 1. The number of piperazine rings is 1. The van der Waals surface area contributed by atoms with Gasteiger partial charge in [0, 0.05) is 51.9 Å². The number of aromatic nitrogens is 2. The zero-order valence-electron chi connectivity index (χ0n) is 17.1. The Morgan fingerprint density at radius 2 is 1.79 bits per heavy atom. The number of carbonyl (C=O) groups is 1. The maximum Gasteiger partial charge on any atom is 0.233 e. The zero-order chi connectivity index (χ0) is 20.6. The van der Waals surface area contributed by atoms with Crippen molar-refractivity contribution < 1.29 is 4.79 Å². The molecule has 0 N–H and O–H groups in total. The van der Waals surface area contributed by atoms with E-state index in [9.17, 15) is 4.79 Å². The Morgan fingerprint density at radius 1 is 1.10 bits per heavy atom. The van der Waals surface area contributed by atoms with E-state index in [1.165, 1.54) is 17.3 Å². The third kappa shape index (κ3) is 6.32. The largest absolute Gasteiger partial charge is 0.357 e. The SMILES string of the molecule is CCN(CC)c1cc(Cl)nc(SCC(=O)N2CCN(Cc3ccccc3)CC2)n1. The first-order chi connectivity index (χ1) is 14.1. The number of hydrogen-bond donors (Lipinski definition) is 0. The molecule has 29 heavy (non-hydrogen) atoms. The molecule has 0 aliphatic carbocycles. The second-order valence-electron chi connectivity index (χ2n) is 6.93. The molecule has 1 saturated heterocycles. The first kappa shape index (κ1) is 21.9. The summed E-state index contributed by atoms with van der Waals surface area (Å²) in [7, 11) is 0. The number of amides is 1. The Labute approximate surface area is 182 Å². The van der Waals surface area contributed by atoms with Crippen LogP contribution in [-0.4, -0.2) is 70.7 Å². The van der Waals surface area contributed by atoms with Gasteiger partial charge >= 0.3 is 0 Å². The fourth-order valence-electron chi connectivity index (χ4n) is 3.37. The number of halogens is 1. The van der Waals surface area contributed by atoms with Crippen LogP contribution in [0.4, 0.5) is 5.82 Å². The molecular formula is C21H28ClN5OS. The van der Waals surface area contributed by atoms with Crippen LogP contribution in [0, 0.1) is 0 Å². The first-order valence-corrected chi connectivity index (χ1v) is 11.4. The monoisotopic (exact) mass is 433 g/mol. The molecule has 0 atom stereocenters. The molecule has 156 valence electrons. The van der Waals surface area contributed by atoms with Crippen molar-refractivity contribution in [1.82, 2.24) is 19.8 Å². The smallest absolute Gasteiger partial charge is 0.233 e. The quantitative estimate of drug-likeness (QED) is 0.361. The maximum absolute atomic E-state index is 12.6. The van der Waals surface area contributed by atoms with Gasteiger partial charge in [0.2, 0.25) is 5.91 Å². The highest BCUT2D eigenvalue weighted by Gasteiger charge is 2.21. The van der Waals surface area contributed by atoms with Gasteiger partial charge in [0.15, 0.2) is 5.16 Å². The van der Waals surface area contributed by atoms with Crippen LogP contribution in [0.3, 0.4) is 0 Å². The van der Waals surface area contributed by atoms with E-state index < -0.39 is 0 Å². The van der Waals surface area contributed by atoms with Crippen molar-refractivity contribution in [2.24, 2.45) is 0 Å². The molecule has 2 heterocycles. The molecule has 8 heteroatoms. The molecule has 1 fully saturated rings. The second-order valence-corrected chi connectivity index (χ2v) is 8.26. The van der Waals surface area contributed by atoms with Crippen LogP contribution < -0.4 is 4.90 Å². The molecule has 0 saturated carbocycles. The highest BCUT2D eigenvalue weighted by molar-refractivity contribution is 7.99. The van der Waals surface area contributed by atoms with Gasteiger partial charge in [-0.15, -0.1) is 0 Å². The Hall–Kier alpha value is -1.83. The Balaban J connectivity index is 1.49. The molecule has 0 spiro atoms. The average molecular weight is 434 g/mol. The number of nitrogens with zero attached hydrogens (tertiary/aromatic N) is 5. The van der Waals surface area contributed by atoms with Gasteiger partial charge in [0.1, 0.15) is 11.0 Å². The first-order valence-electron chi connectivity index (χ1n) is 10.1. The van der Waals surface area contributed by atoms with Gasteiger partial charge in [-0.3, -0.25) is 9.69 Å². The maximum atomic E-state index is 12.6. The fraction of sp³-hybridized carbons (Fsp3) is 0.476. The van der Waals surface area contributed by atoms with Gasteiger partial charge < -0.3 is 9.80 Å². The standard InChI is InChI=1S/C21H28ClN5OS/c1-3-26(4-2)19-14-18(22)23-21(24-19)29-16-20(28)27-12-10-25(11-13-27)15-17-8-6-5-7-9-17/h5-9,14H,3-4,10-13,15-16H2,1-2H3. The fourth-order valence-corrected chi connectivity index (χ4v) is 4.36. The predicted molar refractivity (Wildman–Crippen MR) is 120 cm³/mol. The van der Waals surface area contributed by atoms with E-state index in [4.69, 9.17) is 11.6 Å². The van der Waals surface area contributed by atoms with Crippen LogP contribution in [0.5, 0.6) is 0 Å². The van der Waals surface area contributed by atoms with E-state index in [1.807, 2.05) is 11.0 Å². The molecule has 0 unspecified atom stereocenters. The van der Waals surface area contributed by atoms with E-state index in [1.54, 1.807) is 6.07 Å². The van der Waals surface area contributed by atoms with E-state index in [0.29, 0.717) is 16.1 Å². The number of anilines is 1. The average Bonchev–Trinajstić information content (AvgIpc) is 2.74. The van der Waals surface area contributed by atoms with Gasteiger partial charge in [0.05, 0.1) is 5.75 Å². The minimum Gasteiger partial charge on any atom is -0.357 e. The number of carbonyl (C=O) groups excluding carboxylic acids is 1. The molecule has 0 bridgehead atoms. The number of rotatable bonds is 8. The molecule has 1 aromatic heterocycles. The normalized spacial score (nSPS) is 14.8. The molecule has 1 amide bonds. The Morgan fingerprint density at radius 3 is 2.45 bits per heavy atom. The van der Waals surface area contributed by atoms with Crippen LogP contribution in [0.25, 0.3) is 0 Å². The molecule has 1 aliphatic heterocycles. The predicted octanol–water partition coefficient (Wildman–Crippen LogP) is 3.41. The number of hydrogen-bond acceptors (Lipinski definition) is 6. The molecule has 0 radical (unpaired) electrons. The minimum absolute atomic E-state index is 0.127. The van der Waals surface area contributed by atoms with Crippen LogP contribution in [-0.2, 0) is 11.3 Å². The lowest BCUT2D eigenvalue weighted by atomic mass is 10.2. The highest BCUT2D eigenvalue weighted by atomic mass is 35.5. The van der Waals surface area contributed by atoms with E-state index in [-0.39, 0.29) is 5.91 Å². The zero-order valence-corrected chi connectivity index (χ0v) is 18.6. The van der Waals surface area contributed by atoms with Crippen molar-refractivity contribution in [2.45, 2.75) is 25.5 Å². The minimum atomic E-state index is 0.127. The van der Waals surface area contributed by atoms with E-state index >= 15 is 0 Å². The Kier molecular flexibility index (Phi) is 8.15. The molecule has 2 aromatic rings. The van der Waals surface area contributed by atoms with Crippen molar-refractivity contribution >= 4 is 35.1 Å². The molecular weight excluding hydrogens is 406 g/mol. The third-order valence-corrected chi connectivity index (χ3v) is 6.07. The van der Waals surface area contributed by atoms with Gasteiger partial charge in [-0.1, -0.05) is 53.7 Å². The van der Waals surface area contributed by atoms with Crippen LogP contribution in [0.2, 0.25) is 5.15 Å². The number of benzene rings is 1. The van der Waals surface area contributed by atoms with Gasteiger partial charge in [-0.05, 0) is 19.4 Å². The topological polar surface area (TPSA) is 52.6 Å². The summed E-state index contributed by atoms with van der Waals surface area (Å²) in [5.74, 6) is 1.26. The lowest BCUT2D eigenvalue weighted by Crippen LogP contribution is -2.48. The Bertz CT molecular complexity index is 795. The van der Waals surface area contributed by atoms with Crippen LogP contribution in [0.1, 0.15) is 19.4 Å². The van der Waals surface area contributed by atoms with Crippen molar-refractivity contribution in [3.63, 3.8) is 0 Å². The van der Waals surface area contributed by atoms with Gasteiger partial charge in [0.25, 0.3) is 0 Å². The van der Waals surface area contributed by atoms with Gasteiger partial charge in [-0.2, -0.15) is 0 Å². The van der Waals surface area contributed by atoms with E-state index in [2.05, 4.69) is 57.9 Å². The summed E-state index contributed by atoms with van der Waals surface area (Å²) in [4.78, 5) is 27.9. The lowest BCUT2D eigenvalue weighted by Gasteiger charge is -2.34. The van der Waals surface area contributed by atoms with Crippen LogP contribution >= 0.6 is 23.4 Å². The van der Waals surface area contributed by atoms with Crippen molar-refractivity contribution in [1.29, 1.82) is 0 Å².